The number of nitrogens with one attached hydrogen (secondary N) is 1. The maximum absolute atomic E-state index is 11.7. The van der Waals surface area contributed by atoms with Crippen LogP contribution in [0.2, 0.25) is 0 Å². The summed E-state index contributed by atoms with van der Waals surface area (Å²) in [6.45, 7) is 1.65. The van der Waals surface area contributed by atoms with Crippen LogP contribution in [0.15, 0.2) is 29.2 Å². The van der Waals surface area contributed by atoms with Crippen molar-refractivity contribution in [1.82, 2.24) is 0 Å². The molecule has 1 aliphatic rings. The van der Waals surface area contributed by atoms with Gasteiger partial charge in [-0.05, 0) is 43.5 Å². The van der Waals surface area contributed by atoms with Crippen molar-refractivity contribution in [3.05, 3.63) is 24.3 Å². The molecule has 2 rings (SSSR count). The van der Waals surface area contributed by atoms with Gasteiger partial charge in [0.2, 0.25) is 0 Å². The molecule has 0 aromatic heterocycles. The van der Waals surface area contributed by atoms with E-state index in [0.717, 1.165) is 24.9 Å². The molecule has 5 heteroatoms. The second kappa shape index (κ2) is 5.28. The molecule has 4 nitrogen and oxygen atoms in total. The van der Waals surface area contributed by atoms with Crippen LogP contribution < -0.4 is 11.1 Å². The average molecular weight is 268 g/mol. The molecule has 100 valence electrons. The fourth-order valence-corrected chi connectivity index (χ4v) is 3.19. The van der Waals surface area contributed by atoms with E-state index in [1.807, 2.05) is 12.1 Å². The lowest BCUT2D eigenvalue weighted by atomic mass is 10.2. The van der Waals surface area contributed by atoms with E-state index in [4.69, 9.17) is 5.73 Å². The topological polar surface area (TPSA) is 72.2 Å². The zero-order valence-corrected chi connectivity index (χ0v) is 11.4. The number of nitrogens with two attached hydrogens (primary N) is 1. The van der Waals surface area contributed by atoms with Crippen LogP contribution in [-0.2, 0) is 9.84 Å². The molecule has 0 saturated heterocycles. The third kappa shape index (κ3) is 3.03. The van der Waals surface area contributed by atoms with Gasteiger partial charge in [-0.15, -0.1) is 0 Å². The van der Waals surface area contributed by atoms with Gasteiger partial charge in [0.15, 0.2) is 9.84 Å². The first-order valence-electron chi connectivity index (χ1n) is 6.36. The number of hydrogen-bond donors (Lipinski definition) is 2. The van der Waals surface area contributed by atoms with Gasteiger partial charge >= 0.3 is 0 Å². The second-order valence-corrected chi connectivity index (χ2v) is 7.12. The molecular weight excluding hydrogens is 248 g/mol. The first kappa shape index (κ1) is 13.4. The van der Waals surface area contributed by atoms with Crippen LogP contribution in [0.3, 0.4) is 0 Å². The van der Waals surface area contributed by atoms with Crippen LogP contribution in [-0.4, -0.2) is 26.3 Å². The van der Waals surface area contributed by atoms with Gasteiger partial charge < -0.3 is 11.1 Å². The molecule has 3 N–H and O–H groups in total. The molecule has 0 bridgehead atoms. The first-order valence-corrected chi connectivity index (χ1v) is 8.01. The molecule has 0 aliphatic heterocycles. The molecule has 2 atom stereocenters. The van der Waals surface area contributed by atoms with Gasteiger partial charge in [-0.25, -0.2) is 8.42 Å². The van der Waals surface area contributed by atoms with Crippen LogP contribution in [0, 0.1) is 0 Å². The van der Waals surface area contributed by atoms with Crippen molar-refractivity contribution in [2.45, 2.75) is 43.2 Å². The predicted octanol–water partition coefficient (Wildman–Crippen LogP) is 1.77. The predicted molar refractivity (Wildman–Crippen MR) is 73.4 cm³/mol. The molecule has 1 saturated carbocycles. The standard InChI is InChI=1S/C13H20N2O2S/c1-2-18(16,17)13-7-5-11(6-8-13)15-12-4-3-10(14)9-12/h5-8,10,12,15H,2-4,9,14H2,1H3. The van der Waals surface area contributed by atoms with E-state index in [-0.39, 0.29) is 5.75 Å². The number of benzene rings is 1. The minimum Gasteiger partial charge on any atom is -0.382 e. The number of hydrogen-bond acceptors (Lipinski definition) is 4. The largest absolute Gasteiger partial charge is 0.382 e. The lowest BCUT2D eigenvalue weighted by Gasteiger charge is -2.14. The Kier molecular flexibility index (Phi) is 3.92. The highest BCUT2D eigenvalue weighted by Crippen LogP contribution is 2.22. The summed E-state index contributed by atoms with van der Waals surface area (Å²) in [6.07, 6.45) is 3.12. The maximum atomic E-state index is 11.7. The second-order valence-electron chi connectivity index (χ2n) is 4.84. The summed E-state index contributed by atoms with van der Waals surface area (Å²) in [6, 6.07) is 7.68. The van der Waals surface area contributed by atoms with Crippen molar-refractivity contribution in [3.63, 3.8) is 0 Å². The van der Waals surface area contributed by atoms with E-state index in [1.165, 1.54) is 0 Å². The molecule has 1 aromatic carbocycles. The van der Waals surface area contributed by atoms with Crippen LogP contribution in [0.5, 0.6) is 0 Å². The Morgan fingerprint density at radius 2 is 1.94 bits per heavy atom. The molecule has 0 amide bonds. The third-order valence-corrected chi connectivity index (χ3v) is 5.19. The van der Waals surface area contributed by atoms with E-state index in [9.17, 15) is 8.42 Å². The normalized spacial score (nSPS) is 24.1. The molecule has 2 unspecified atom stereocenters. The fourth-order valence-electron chi connectivity index (χ4n) is 2.31. The zero-order valence-electron chi connectivity index (χ0n) is 10.6. The lowest BCUT2D eigenvalue weighted by Crippen LogP contribution is -2.20. The molecule has 1 aromatic rings. The van der Waals surface area contributed by atoms with E-state index < -0.39 is 9.84 Å². The third-order valence-electron chi connectivity index (χ3n) is 3.44. The lowest BCUT2D eigenvalue weighted by molar-refractivity contribution is 0.597. The van der Waals surface area contributed by atoms with Gasteiger partial charge in [-0.2, -0.15) is 0 Å². The van der Waals surface area contributed by atoms with E-state index in [1.54, 1.807) is 19.1 Å². The van der Waals surface area contributed by atoms with Crippen molar-refractivity contribution in [1.29, 1.82) is 0 Å². The Morgan fingerprint density at radius 3 is 2.44 bits per heavy atom. The van der Waals surface area contributed by atoms with Crippen LogP contribution in [0.4, 0.5) is 5.69 Å². The Bertz CT molecular complexity index is 496. The Balaban J connectivity index is 2.04. The van der Waals surface area contributed by atoms with E-state index >= 15 is 0 Å². The minimum atomic E-state index is -3.10. The summed E-state index contributed by atoms with van der Waals surface area (Å²) in [5, 5.41) is 3.39. The number of sulfone groups is 1. The Morgan fingerprint density at radius 1 is 1.28 bits per heavy atom. The Labute approximate surface area is 108 Å². The molecule has 1 aliphatic carbocycles. The average Bonchev–Trinajstić information content (AvgIpc) is 2.75. The van der Waals surface area contributed by atoms with Crippen LogP contribution >= 0.6 is 0 Å². The van der Waals surface area contributed by atoms with Crippen LogP contribution in [0.1, 0.15) is 26.2 Å². The SMILES string of the molecule is CCS(=O)(=O)c1ccc(NC2CCC(N)C2)cc1. The molecule has 1 fully saturated rings. The summed E-state index contributed by atoms with van der Waals surface area (Å²) in [5.41, 5.74) is 6.82. The summed E-state index contributed by atoms with van der Waals surface area (Å²) in [5.74, 6) is 0.136. The number of rotatable bonds is 4. The van der Waals surface area contributed by atoms with Gasteiger partial charge in [0, 0.05) is 17.8 Å². The highest BCUT2D eigenvalue weighted by Gasteiger charge is 2.21. The quantitative estimate of drug-likeness (QED) is 0.873. The van der Waals surface area contributed by atoms with Crippen molar-refractivity contribution >= 4 is 15.5 Å². The minimum absolute atomic E-state index is 0.136. The summed E-state index contributed by atoms with van der Waals surface area (Å²) in [4.78, 5) is 0.388. The van der Waals surface area contributed by atoms with Gasteiger partial charge in [-0.3, -0.25) is 0 Å². The monoisotopic (exact) mass is 268 g/mol. The number of anilines is 1. The molecule has 0 heterocycles. The smallest absolute Gasteiger partial charge is 0.178 e. The van der Waals surface area contributed by atoms with Gasteiger partial charge in [0.25, 0.3) is 0 Å². The maximum Gasteiger partial charge on any atom is 0.178 e. The van der Waals surface area contributed by atoms with Crippen LogP contribution in [0.25, 0.3) is 0 Å². The van der Waals surface area contributed by atoms with Crippen molar-refractivity contribution in [2.24, 2.45) is 5.73 Å². The highest BCUT2D eigenvalue weighted by molar-refractivity contribution is 7.91. The van der Waals surface area contributed by atoms with Gasteiger partial charge in [0.1, 0.15) is 0 Å². The van der Waals surface area contributed by atoms with Crippen molar-refractivity contribution in [3.8, 4) is 0 Å². The molecule has 0 radical (unpaired) electrons. The molecular formula is C13H20N2O2S. The summed E-state index contributed by atoms with van der Waals surface area (Å²) < 4.78 is 23.3. The van der Waals surface area contributed by atoms with Gasteiger partial charge in [0.05, 0.1) is 10.6 Å². The zero-order chi connectivity index (χ0) is 13.2. The fraction of sp³-hybridized carbons (Fsp3) is 0.538. The van der Waals surface area contributed by atoms with Gasteiger partial charge in [-0.1, -0.05) is 6.92 Å². The molecule has 0 spiro atoms. The van der Waals surface area contributed by atoms with Crippen molar-refractivity contribution in [2.75, 3.05) is 11.1 Å². The highest BCUT2D eigenvalue weighted by atomic mass is 32.2. The van der Waals surface area contributed by atoms with E-state index in [2.05, 4.69) is 5.32 Å². The van der Waals surface area contributed by atoms with E-state index in [0.29, 0.717) is 17.0 Å². The van der Waals surface area contributed by atoms with Crippen molar-refractivity contribution < 1.29 is 8.42 Å². The summed E-state index contributed by atoms with van der Waals surface area (Å²) in [7, 11) is -3.10. The molecule has 18 heavy (non-hydrogen) atoms. The Hall–Kier alpha value is -1.07. The first-order chi connectivity index (χ1) is 8.51. The summed E-state index contributed by atoms with van der Waals surface area (Å²) >= 11 is 0.